The molecule has 0 aromatic heterocycles. The minimum atomic E-state index is 0.000478. The van der Waals surface area contributed by atoms with Gasteiger partial charge in [0.05, 0.1) is 0 Å². The van der Waals surface area contributed by atoms with E-state index in [4.69, 9.17) is 11.6 Å². The van der Waals surface area contributed by atoms with Crippen molar-refractivity contribution in [3.63, 3.8) is 0 Å². The summed E-state index contributed by atoms with van der Waals surface area (Å²) in [4.78, 5) is 12.6. The van der Waals surface area contributed by atoms with E-state index in [1.807, 2.05) is 13.0 Å². The Morgan fingerprint density at radius 2 is 2.11 bits per heavy atom. The summed E-state index contributed by atoms with van der Waals surface area (Å²) in [5, 5.41) is 3.78. The van der Waals surface area contributed by atoms with Crippen LogP contribution in [0.1, 0.15) is 41.6 Å². The third-order valence-electron chi connectivity index (χ3n) is 3.43. The number of hydrogen-bond donors (Lipinski definition) is 1. The van der Waals surface area contributed by atoms with Gasteiger partial charge in [-0.25, -0.2) is 0 Å². The maximum atomic E-state index is 12.2. The molecule has 1 fully saturated rings. The number of amides is 1. The van der Waals surface area contributed by atoms with Crippen molar-refractivity contribution in [1.29, 1.82) is 0 Å². The van der Waals surface area contributed by atoms with Crippen molar-refractivity contribution in [3.8, 4) is 0 Å². The molecule has 2 atom stereocenters. The summed E-state index contributed by atoms with van der Waals surface area (Å²) < 4.78 is 0. The molecule has 2 unspecified atom stereocenters. The van der Waals surface area contributed by atoms with Gasteiger partial charge in [-0.05, 0) is 43.5 Å². The summed E-state index contributed by atoms with van der Waals surface area (Å²) >= 11 is 9.55. The largest absolute Gasteiger partial charge is 0.348 e. The van der Waals surface area contributed by atoms with Gasteiger partial charge in [-0.3, -0.25) is 4.79 Å². The Morgan fingerprint density at radius 1 is 1.39 bits per heavy atom. The maximum Gasteiger partial charge on any atom is 0.251 e. The first-order valence-corrected chi connectivity index (χ1v) is 7.58. The molecule has 4 heteroatoms. The first-order chi connectivity index (χ1) is 8.58. The zero-order valence-electron chi connectivity index (χ0n) is 10.4. The van der Waals surface area contributed by atoms with E-state index < -0.39 is 0 Å². The summed E-state index contributed by atoms with van der Waals surface area (Å²) in [6.45, 7) is 1.91. The number of alkyl halides is 1. The zero-order chi connectivity index (χ0) is 13.1. The van der Waals surface area contributed by atoms with E-state index in [1.165, 1.54) is 12.8 Å². The summed E-state index contributed by atoms with van der Waals surface area (Å²) in [7, 11) is 0. The summed E-state index contributed by atoms with van der Waals surface area (Å²) in [6, 6.07) is 5.61. The fraction of sp³-hybridized carbons (Fsp3) is 0.500. The molecule has 0 radical (unpaired) electrons. The van der Waals surface area contributed by atoms with Crippen LogP contribution in [0, 0.1) is 6.92 Å². The fourth-order valence-corrected chi connectivity index (χ4v) is 3.32. The first kappa shape index (κ1) is 13.9. The Bertz CT molecular complexity index is 449. The lowest BCUT2D eigenvalue weighted by atomic mass is 9.95. The lowest BCUT2D eigenvalue weighted by molar-refractivity contribution is 0.0929. The van der Waals surface area contributed by atoms with Gasteiger partial charge >= 0.3 is 0 Å². The number of halogens is 2. The van der Waals surface area contributed by atoms with E-state index in [1.54, 1.807) is 12.1 Å². The number of hydrogen-bond acceptors (Lipinski definition) is 1. The van der Waals surface area contributed by atoms with E-state index in [0.717, 1.165) is 18.4 Å². The molecule has 2 rings (SSSR count). The molecule has 1 saturated carbocycles. The van der Waals surface area contributed by atoms with Gasteiger partial charge < -0.3 is 5.32 Å². The van der Waals surface area contributed by atoms with Crippen LogP contribution in [-0.2, 0) is 0 Å². The minimum absolute atomic E-state index is 0.000478. The number of carbonyl (C=O) groups excluding carboxylic acids is 1. The molecule has 1 aromatic carbocycles. The van der Waals surface area contributed by atoms with Gasteiger partial charge in [-0.2, -0.15) is 0 Å². The van der Waals surface area contributed by atoms with Gasteiger partial charge in [0.25, 0.3) is 5.91 Å². The Kier molecular flexibility index (Phi) is 4.68. The number of benzene rings is 1. The van der Waals surface area contributed by atoms with E-state index >= 15 is 0 Å². The van der Waals surface area contributed by atoms with Crippen molar-refractivity contribution >= 4 is 33.4 Å². The molecule has 1 aliphatic carbocycles. The average Bonchev–Trinajstić information content (AvgIpc) is 2.32. The van der Waals surface area contributed by atoms with Crippen LogP contribution in [-0.4, -0.2) is 16.8 Å². The molecule has 1 amide bonds. The van der Waals surface area contributed by atoms with E-state index in [2.05, 4.69) is 21.2 Å². The molecular formula is C14H17BrClNO. The lowest BCUT2D eigenvalue weighted by Gasteiger charge is -2.28. The number of carbonyl (C=O) groups is 1. The van der Waals surface area contributed by atoms with Gasteiger partial charge in [-0.15, -0.1) is 0 Å². The molecule has 1 N–H and O–H groups in total. The standard InChI is InChI=1S/C14H17BrClNO/c1-9-8-10(16)6-7-11(9)14(18)17-13-5-3-2-4-12(13)15/h6-8,12-13H,2-5H2,1H3,(H,17,18). The van der Waals surface area contributed by atoms with Crippen molar-refractivity contribution < 1.29 is 4.79 Å². The minimum Gasteiger partial charge on any atom is -0.348 e. The summed E-state index contributed by atoms with van der Waals surface area (Å²) in [6.07, 6.45) is 4.60. The Balaban J connectivity index is 2.07. The van der Waals surface area contributed by atoms with Gasteiger partial charge in [0.2, 0.25) is 0 Å². The normalized spacial score (nSPS) is 23.7. The second kappa shape index (κ2) is 6.07. The lowest BCUT2D eigenvalue weighted by Crippen LogP contribution is -2.42. The van der Waals surface area contributed by atoms with Crippen molar-refractivity contribution in [3.05, 3.63) is 34.3 Å². The number of nitrogens with one attached hydrogen (secondary N) is 1. The predicted octanol–water partition coefficient (Wildman–Crippen LogP) is 4.08. The van der Waals surface area contributed by atoms with Crippen LogP contribution in [0.15, 0.2) is 18.2 Å². The summed E-state index contributed by atoms with van der Waals surface area (Å²) in [5.41, 5.74) is 1.63. The van der Waals surface area contributed by atoms with Crippen LogP contribution < -0.4 is 5.32 Å². The van der Waals surface area contributed by atoms with Crippen molar-refractivity contribution in [1.82, 2.24) is 5.32 Å². The highest BCUT2D eigenvalue weighted by Gasteiger charge is 2.24. The van der Waals surface area contributed by atoms with E-state index in [0.29, 0.717) is 15.4 Å². The van der Waals surface area contributed by atoms with Gasteiger partial charge in [-0.1, -0.05) is 40.4 Å². The SMILES string of the molecule is Cc1cc(Cl)ccc1C(=O)NC1CCCCC1Br. The van der Waals surface area contributed by atoms with Crippen molar-refractivity contribution in [2.45, 2.75) is 43.5 Å². The van der Waals surface area contributed by atoms with Crippen LogP contribution in [0.25, 0.3) is 0 Å². The monoisotopic (exact) mass is 329 g/mol. The molecule has 0 saturated heterocycles. The zero-order valence-corrected chi connectivity index (χ0v) is 12.7. The van der Waals surface area contributed by atoms with Crippen molar-refractivity contribution in [2.24, 2.45) is 0 Å². The highest BCUT2D eigenvalue weighted by molar-refractivity contribution is 9.09. The van der Waals surface area contributed by atoms with Crippen LogP contribution in [0.4, 0.5) is 0 Å². The first-order valence-electron chi connectivity index (χ1n) is 6.29. The number of aryl methyl sites for hydroxylation is 1. The number of rotatable bonds is 2. The highest BCUT2D eigenvalue weighted by atomic mass is 79.9. The quantitative estimate of drug-likeness (QED) is 0.813. The predicted molar refractivity (Wildman–Crippen MR) is 78.6 cm³/mol. The highest BCUT2D eigenvalue weighted by Crippen LogP contribution is 2.25. The van der Waals surface area contributed by atoms with Crippen LogP contribution >= 0.6 is 27.5 Å². The molecule has 2 nitrogen and oxygen atoms in total. The third kappa shape index (κ3) is 3.27. The molecule has 1 aliphatic rings. The molecular weight excluding hydrogens is 314 g/mol. The van der Waals surface area contributed by atoms with E-state index in [-0.39, 0.29) is 11.9 Å². The molecule has 18 heavy (non-hydrogen) atoms. The molecule has 0 heterocycles. The van der Waals surface area contributed by atoms with E-state index in [9.17, 15) is 4.79 Å². The Hall–Kier alpha value is -0.540. The molecule has 98 valence electrons. The van der Waals surface area contributed by atoms with Crippen LogP contribution in [0.2, 0.25) is 5.02 Å². The van der Waals surface area contributed by atoms with Crippen LogP contribution in [0.5, 0.6) is 0 Å². The average molecular weight is 331 g/mol. The fourth-order valence-electron chi connectivity index (χ4n) is 2.38. The molecule has 1 aromatic rings. The molecule has 0 bridgehead atoms. The maximum absolute atomic E-state index is 12.2. The second-order valence-electron chi connectivity index (χ2n) is 4.84. The van der Waals surface area contributed by atoms with Crippen molar-refractivity contribution in [2.75, 3.05) is 0 Å². The molecule has 0 spiro atoms. The smallest absolute Gasteiger partial charge is 0.251 e. The summed E-state index contributed by atoms with van der Waals surface area (Å²) in [5.74, 6) is 0.000478. The third-order valence-corrected chi connectivity index (χ3v) is 4.76. The second-order valence-corrected chi connectivity index (χ2v) is 6.45. The van der Waals surface area contributed by atoms with Gasteiger partial charge in [0.1, 0.15) is 0 Å². The Morgan fingerprint density at radius 3 is 2.78 bits per heavy atom. The Labute approximate surface area is 121 Å². The molecule has 0 aliphatic heterocycles. The topological polar surface area (TPSA) is 29.1 Å². The van der Waals surface area contributed by atoms with Crippen LogP contribution in [0.3, 0.4) is 0 Å². The van der Waals surface area contributed by atoms with Gasteiger partial charge in [0.15, 0.2) is 0 Å². The van der Waals surface area contributed by atoms with Gasteiger partial charge in [0, 0.05) is 21.5 Å².